The third kappa shape index (κ3) is 3.78. The lowest BCUT2D eigenvalue weighted by molar-refractivity contribution is -0.133. The minimum atomic E-state index is -4.19. The largest absolute Gasteiger partial charge is 0.389 e. The van der Waals surface area contributed by atoms with Crippen LogP contribution >= 0.6 is 0 Å². The van der Waals surface area contributed by atoms with E-state index < -0.39 is 12.6 Å². The summed E-state index contributed by atoms with van der Waals surface area (Å²) in [6.07, 6.45) is -3.77. The second-order valence-electron chi connectivity index (χ2n) is 6.11. The smallest absolute Gasteiger partial charge is 0.236 e. The molecule has 0 bridgehead atoms. The Morgan fingerprint density at radius 3 is 2.28 bits per heavy atom. The van der Waals surface area contributed by atoms with E-state index in [-0.39, 0.29) is 12.2 Å². The molecule has 3 aromatic rings. The summed E-state index contributed by atoms with van der Waals surface area (Å²) in [5.41, 5.74) is 3.57. The molecule has 0 aliphatic heterocycles. The zero-order chi connectivity index (χ0) is 18.2. The highest BCUT2D eigenvalue weighted by Crippen LogP contribution is 2.29. The summed E-state index contributed by atoms with van der Waals surface area (Å²) >= 11 is 0. The maximum absolute atomic E-state index is 13.8. The van der Waals surface area contributed by atoms with Crippen LogP contribution in [-0.4, -0.2) is 16.1 Å². The lowest BCUT2D eigenvalue weighted by atomic mass is 10.00. The Morgan fingerprint density at radius 2 is 1.64 bits per heavy atom. The number of nitrogens with zero attached hydrogens (tertiary/aromatic N) is 2. The summed E-state index contributed by atoms with van der Waals surface area (Å²) in [6, 6.07) is 8.45. The second-order valence-corrected chi connectivity index (χ2v) is 6.11. The van der Waals surface area contributed by atoms with Gasteiger partial charge in [0.15, 0.2) is 0 Å². The summed E-state index contributed by atoms with van der Waals surface area (Å²) < 4.78 is 51.0. The molecule has 2 aromatic carbocycles. The van der Waals surface area contributed by atoms with Crippen molar-refractivity contribution in [2.24, 2.45) is 0 Å². The molecule has 0 saturated heterocycles. The molecule has 0 amide bonds. The van der Waals surface area contributed by atoms with Gasteiger partial charge in [-0.3, -0.25) is 0 Å². The van der Waals surface area contributed by atoms with Crippen LogP contribution in [0.1, 0.15) is 23.1 Å². The SMILES string of the molecule is Cc1cc(-c2ncnc3cc(CCC(F)(F)F)ccc23)cc(C)c1F. The number of fused-ring (bicyclic) bond motifs is 1. The molecule has 3 rings (SSSR count). The van der Waals surface area contributed by atoms with Crippen LogP contribution in [0.3, 0.4) is 0 Å². The highest BCUT2D eigenvalue weighted by molar-refractivity contribution is 5.92. The molecule has 2 nitrogen and oxygen atoms in total. The molecule has 0 saturated carbocycles. The highest BCUT2D eigenvalue weighted by atomic mass is 19.4. The lowest BCUT2D eigenvalue weighted by Gasteiger charge is -2.10. The standard InChI is InChI=1S/C19H16F4N2/c1-11-7-14(8-12(2)17(11)20)18-15-4-3-13(5-6-19(21,22)23)9-16(15)24-10-25-18/h3-4,7-10H,5-6H2,1-2H3. The van der Waals surface area contributed by atoms with E-state index in [0.29, 0.717) is 27.9 Å². The maximum atomic E-state index is 13.8. The zero-order valence-electron chi connectivity index (χ0n) is 13.8. The minimum absolute atomic E-state index is 0.0897. The number of hydrogen-bond donors (Lipinski definition) is 0. The average molecular weight is 348 g/mol. The number of rotatable bonds is 3. The van der Waals surface area contributed by atoms with Gasteiger partial charge < -0.3 is 0 Å². The Balaban J connectivity index is 2.03. The quantitative estimate of drug-likeness (QED) is 0.580. The van der Waals surface area contributed by atoms with E-state index in [1.165, 1.54) is 6.33 Å². The molecule has 1 aromatic heterocycles. The van der Waals surface area contributed by atoms with Gasteiger partial charge in [-0.05, 0) is 55.2 Å². The Bertz CT molecular complexity index is 909. The molecule has 0 aliphatic rings. The summed E-state index contributed by atoms with van der Waals surface area (Å²) in [7, 11) is 0. The molecule has 6 heteroatoms. The predicted octanol–water partition coefficient (Wildman–Crippen LogP) is 5.55. The van der Waals surface area contributed by atoms with E-state index in [1.807, 2.05) is 0 Å². The van der Waals surface area contributed by atoms with E-state index in [0.717, 1.165) is 10.9 Å². The van der Waals surface area contributed by atoms with Crippen molar-refractivity contribution in [1.82, 2.24) is 9.97 Å². The van der Waals surface area contributed by atoms with Crippen LogP contribution in [0.25, 0.3) is 22.2 Å². The first-order valence-electron chi connectivity index (χ1n) is 7.82. The molecule has 25 heavy (non-hydrogen) atoms. The van der Waals surface area contributed by atoms with E-state index in [4.69, 9.17) is 0 Å². The summed E-state index contributed by atoms with van der Waals surface area (Å²) in [6.45, 7) is 3.37. The fourth-order valence-corrected chi connectivity index (χ4v) is 2.86. The molecule has 0 unspecified atom stereocenters. The monoisotopic (exact) mass is 348 g/mol. The first kappa shape index (κ1) is 17.3. The minimum Gasteiger partial charge on any atom is -0.236 e. The van der Waals surface area contributed by atoms with Gasteiger partial charge in [0.1, 0.15) is 12.1 Å². The van der Waals surface area contributed by atoms with Crippen molar-refractivity contribution >= 4 is 10.9 Å². The fourth-order valence-electron chi connectivity index (χ4n) is 2.86. The van der Waals surface area contributed by atoms with Crippen LogP contribution in [0, 0.1) is 19.7 Å². The first-order valence-corrected chi connectivity index (χ1v) is 7.82. The highest BCUT2D eigenvalue weighted by Gasteiger charge is 2.26. The fraction of sp³-hybridized carbons (Fsp3) is 0.263. The first-order chi connectivity index (χ1) is 11.7. The van der Waals surface area contributed by atoms with Crippen molar-refractivity contribution in [2.45, 2.75) is 32.9 Å². The van der Waals surface area contributed by atoms with Crippen molar-refractivity contribution in [3.05, 3.63) is 59.2 Å². The lowest BCUT2D eigenvalue weighted by Crippen LogP contribution is -2.08. The molecule has 130 valence electrons. The van der Waals surface area contributed by atoms with E-state index in [2.05, 4.69) is 9.97 Å². The van der Waals surface area contributed by atoms with Gasteiger partial charge in [0.05, 0.1) is 11.2 Å². The van der Waals surface area contributed by atoms with Gasteiger partial charge in [0.2, 0.25) is 0 Å². The molecule has 0 atom stereocenters. The maximum Gasteiger partial charge on any atom is 0.389 e. The van der Waals surface area contributed by atoms with Crippen LogP contribution in [0.15, 0.2) is 36.7 Å². The normalized spacial score (nSPS) is 11.9. The van der Waals surface area contributed by atoms with Gasteiger partial charge in [-0.2, -0.15) is 13.2 Å². The summed E-state index contributed by atoms with van der Waals surface area (Å²) in [4.78, 5) is 8.46. The average Bonchev–Trinajstić information content (AvgIpc) is 2.56. The van der Waals surface area contributed by atoms with Crippen molar-refractivity contribution < 1.29 is 17.6 Å². The molecule has 0 N–H and O–H groups in total. The van der Waals surface area contributed by atoms with Crippen molar-refractivity contribution in [3.63, 3.8) is 0 Å². The number of hydrogen-bond acceptors (Lipinski definition) is 2. The number of benzene rings is 2. The number of aryl methyl sites for hydroxylation is 3. The zero-order valence-corrected chi connectivity index (χ0v) is 13.8. The van der Waals surface area contributed by atoms with Gasteiger partial charge in [-0.1, -0.05) is 12.1 Å². The van der Waals surface area contributed by atoms with Crippen LogP contribution in [0.4, 0.5) is 17.6 Å². The van der Waals surface area contributed by atoms with Crippen LogP contribution in [-0.2, 0) is 6.42 Å². The van der Waals surface area contributed by atoms with Crippen LogP contribution in [0.5, 0.6) is 0 Å². The third-order valence-electron chi connectivity index (χ3n) is 4.11. The predicted molar refractivity (Wildman–Crippen MR) is 88.8 cm³/mol. The van der Waals surface area contributed by atoms with Crippen molar-refractivity contribution in [3.8, 4) is 11.3 Å². The summed E-state index contributed by atoms with van der Waals surface area (Å²) in [5, 5.41) is 0.726. The Hall–Kier alpha value is -2.50. The Labute approximate surface area is 142 Å². The summed E-state index contributed by atoms with van der Waals surface area (Å²) in [5.74, 6) is -0.253. The molecular formula is C19H16F4N2. The molecule has 0 aliphatic carbocycles. The Morgan fingerprint density at radius 1 is 0.960 bits per heavy atom. The molecule has 1 heterocycles. The van der Waals surface area contributed by atoms with Crippen LogP contribution in [0.2, 0.25) is 0 Å². The van der Waals surface area contributed by atoms with Gasteiger partial charge >= 0.3 is 6.18 Å². The Kier molecular flexibility index (Phi) is 4.45. The van der Waals surface area contributed by atoms with E-state index in [9.17, 15) is 17.6 Å². The third-order valence-corrected chi connectivity index (χ3v) is 4.11. The van der Waals surface area contributed by atoms with Gasteiger partial charge in [-0.15, -0.1) is 0 Å². The molecule has 0 fully saturated rings. The van der Waals surface area contributed by atoms with E-state index >= 15 is 0 Å². The van der Waals surface area contributed by atoms with Gasteiger partial charge in [0.25, 0.3) is 0 Å². The molecule has 0 radical (unpaired) electrons. The second kappa shape index (κ2) is 6.43. The van der Waals surface area contributed by atoms with Crippen molar-refractivity contribution in [1.29, 1.82) is 0 Å². The van der Waals surface area contributed by atoms with Crippen molar-refractivity contribution in [2.75, 3.05) is 0 Å². The molecular weight excluding hydrogens is 332 g/mol. The van der Waals surface area contributed by atoms with Gasteiger partial charge in [-0.25, -0.2) is 14.4 Å². The van der Waals surface area contributed by atoms with Gasteiger partial charge in [0, 0.05) is 17.4 Å². The van der Waals surface area contributed by atoms with E-state index in [1.54, 1.807) is 44.2 Å². The van der Waals surface area contributed by atoms with Crippen LogP contribution < -0.4 is 0 Å². The topological polar surface area (TPSA) is 25.8 Å². The number of alkyl halides is 3. The molecule has 0 spiro atoms. The number of aromatic nitrogens is 2. The number of halogens is 4.